The summed E-state index contributed by atoms with van der Waals surface area (Å²) < 4.78 is 11.6. The Bertz CT molecular complexity index is 1030. The van der Waals surface area contributed by atoms with Gasteiger partial charge in [-0.1, -0.05) is 31.3 Å². The predicted octanol–water partition coefficient (Wildman–Crippen LogP) is 4.10. The molecule has 3 rings (SSSR count). The van der Waals surface area contributed by atoms with Crippen LogP contribution >= 0.6 is 11.3 Å². The van der Waals surface area contributed by atoms with Crippen molar-refractivity contribution in [3.63, 3.8) is 0 Å². The monoisotopic (exact) mass is 427 g/mol. The maximum atomic E-state index is 12.9. The summed E-state index contributed by atoms with van der Waals surface area (Å²) >= 11 is 1.36. The lowest BCUT2D eigenvalue weighted by Crippen LogP contribution is -2.47. The Morgan fingerprint density at radius 1 is 1.13 bits per heavy atom. The summed E-state index contributed by atoms with van der Waals surface area (Å²) in [7, 11) is 1.58. The number of nitrogens with zero attached hydrogens (tertiary/aromatic N) is 1. The van der Waals surface area contributed by atoms with Crippen LogP contribution in [0.2, 0.25) is 0 Å². The highest BCUT2D eigenvalue weighted by Gasteiger charge is 2.26. The van der Waals surface area contributed by atoms with E-state index in [4.69, 9.17) is 9.47 Å². The van der Waals surface area contributed by atoms with E-state index in [2.05, 4.69) is 15.6 Å². The first-order valence-electron chi connectivity index (χ1n) is 9.71. The smallest absolute Gasteiger partial charge is 0.251 e. The highest BCUT2D eigenvalue weighted by atomic mass is 32.1. The third-order valence-electron chi connectivity index (χ3n) is 4.50. The fourth-order valence-corrected chi connectivity index (χ4v) is 3.84. The van der Waals surface area contributed by atoms with Gasteiger partial charge in [-0.2, -0.15) is 0 Å². The van der Waals surface area contributed by atoms with Crippen molar-refractivity contribution in [1.29, 1.82) is 0 Å². The van der Waals surface area contributed by atoms with Gasteiger partial charge in [-0.25, -0.2) is 4.98 Å². The summed E-state index contributed by atoms with van der Waals surface area (Å²) in [6.07, 6.45) is 0. The van der Waals surface area contributed by atoms with Crippen molar-refractivity contribution in [2.24, 2.45) is 5.92 Å². The Kier molecular flexibility index (Phi) is 6.89. The Hall–Kier alpha value is -3.13. The van der Waals surface area contributed by atoms with Gasteiger partial charge in [0.05, 0.1) is 18.4 Å². The lowest BCUT2D eigenvalue weighted by atomic mass is 10.0. The molecule has 158 valence electrons. The van der Waals surface area contributed by atoms with E-state index < -0.39 is 6.04 Å². The van der Waals surface area contributed by atoms with Crippen molar-refractivity contribution < 1.29 is 19.1 Å². The van der Waals surface area contributed by atoms with Gasteiger partial charge < -0.3 is 20.1 Å². The number of fused-ring (bicyclic) bond motifs is 1. The number of rotatable bonds is 8. The van der Waals surface area contributed by atoms with E-state index in [0.717, 1.165) is 4.70 Å². The fraction of sp³-hybridized carbons (Fsp3) is 0.318. The summed E-state index contributed by atoms with van der Waals surface area (Å²) in [6.45, 7) is 6.21. The number of benzene rings is 2. The third kappa shape index (κ3) is 4.88. The first-order chi connectivity index (χ1) is 14.4. The Morgan fingerprint density at radius 3 is 2.50 bits per heavy atom. The summed E-state index contributed by atoms with van der Waals surface area (Å²) in [6, 6.07) is 11.7. The minimum atomic E-state index is -0.710. The molecule has 0 aliphatic carbocycles. The number of carbonyl (C=O) groups is 2. The molecule has 0 fully saturated rings. The maximum Gasteiger partial charge on any atom is 0.251 e. The molecule has 1 heterocycles. The van der Waals surface area contributed by atoms with Crippen molar-refractivity contribution in [1.82, 2.24) is 10.3 Å². The van der Waals surface area contributed by atoms with Crippen molar-refractivity contribution in [2.45, 2.75) is 26.8 Å². The van der Waals surface area contributed by atoms with Crippen LogP contribution in [0.4, 0.5) is 5.13 Å². The molecule has 3 aromatic rings. The van der Waals surface area contributed by atoms with Crippen LogP contribution in [0.3, 0.4) is 0 Å². The van der Waals surface area contributed by atoms with Crippen molar-refractivity contribution in [2.75, 3.05) is 19.0 Å². The second kappa shape index (κ2) is 9.58. The van der Waals surface area contributed by atoms with Crippen molar-refractivity contribution in [3.8, 4) is 11.5 Å². The number of carbonyl (C=O) groups excluding carboxylic acids is 2. The quantitative estimate of drug-likeness (QED) is 0.565. The number of methoxy groups -OCH3 is 1. The molecule has 2 aromatic carbocycles. The number of nitrogens with one attached hydrogen (secondary N) is 2. The van der Waals surface area contributed by atoms with Crippen LogP contribution in [0.1, 0.15) is 31.1 Å². The molecular formula is C22H25N3O4S. The lowest BCUT2D eigenvalue weighted by molar-refractivity contribution is -0.118. The van der Waals surface area contributed by atoms with Crippen LogP contribution in [0.25, 0.3) is 10.2 Å². The molecule has 1 aromatic heterocycles. The molecule has 0 unspecified atom stereocenters. The van der Waals surface area contributed by atoms with Gasteiger partial charge >= 0.3 is 0 Å². The van der Waals surface area contributed by atoms with Gasteiger partial charge in [-0.3, -0.25) is 9.59 Å². The number of anilines is 1. The summed E-state index contributed by atoms with van der Waals surface area (Å²) in [5.41, 5.74) is 1.15. The van der Waals surface area contributed by atoms with Gasteiger partial charge in [0, 0.05) is 5.56 Å². The molecule has 7 nitrogen and oxygen atoms in total. The maximum absolute atomic E-state index is 12.9. The van der Waals surface area contributed by atoms with Crippen molar-refractivity contribution in [3.05, 3.63) is 48.0 Å². The number of para-hydroxylation sites is 1. The van der Waals surface area contributed by atoms with Crippen LogP contribution < -0.4 is 20.1 Å². The lowest BCUT2D eigenvalue weighted by Gasteiger charge is -2.21. The first kappa shape index (κ1) is 21.6. The van der Waals surface area contributed by atoms with Gasteiger partial charge in [-0.15, -0.1) is 0 Å². The number of amides is 2. The highest BCUT2D eigenvalue weighted by molar-refractivity contribution is 7.22. The van der Waals surface area contributed by atoms with E-state index in [1.165, 1.54) is 11.3 Å². The number of aromatic nitrogens is 1. The molecule has 2 N–H and O–H groups in total. The molecule has 0 bridgehead atoms. The second-order valence-corrected chi connectivity index (χ2v) is 8.00. The number of hydrogen-bond acceptors (Lipinski definition) is 6. The zero-order chi connectivity index (χ0) is 21.7. The molecule has 0 spiro atoms. The van der Waals surface area contributed by atoms with Crippen LogP contribution in [0.5, 0.6) is 11.5 Å². The molecule has 30 heavy (non-hydrogen) atoms. The number of hydrogen-bond donors (Lipinski definition) is 2. The summed E-state index contributed by atoms with van der Waals surface area (Å²) in [5, 5.41) is 6.10. The third-order valence-corrected chi connectivity index (χ3v) is 5.43. The molecule has 0 saturated heterocycles. The van der Waals surface area contributed by atoms with Crippen LogP contribution in [0.15, 0.2) is 42.5 Å². The predicted molar refractivity (Wildman–Crippen MR) is 119 cm³/mol. The molecule has 0 aliphatic rings. The largest absolute Gasteiger partial charge is 0.494 e. The van der Waals surface area contributed by atoms with Gasteiger partial charge in [0.25, 0.3) is 5.91 Å². The van der Waals surface area contributed by atoms with Crippen molar-refractivity contribution >= 4 is 38.5 Å². The summed E-state index contributed by atoms with van der Waals surface area (Å²) in [4.78, 5) is 30.0. The minimum Gasteiger partial charge on any atom is -0.494 e. The van der Waals surface area contributed by atoms with Gasteiger partial charge in [0.1, 0.15) is 23.1 Å². The highest BCUT2D eigenvalue weighted by Crippen LogP contribution is 2.32. The SMILES string of the molecule is CCOc1ccc(C(=O)N[C@H](C(=O)Nc2nc3c(OC)cccc3s2)C(C)C)cc1. The zero-order valence-corrected chi connectivity index (χ0v) is 18.2. The normalized spacial score (nSPS) is 11.9. The van der Waals surface area contributed by atoms with Gasteiger partial charge in [0.2, 0.25) is 5.91 Å². The number of ether oxygens (including phenoxy) is 2. The van der Waals surface area contributed by atoms with Crippen LogP contribution in [-0.4, -0.2) is 36.6 Å². The Morgan fingerprint density at radius 2 is 1.87 bits per heavy atom. The Balaban J connectivity index is 1.72. The van der Waals surface area contributed by atoms with Crippen LogP contribution in [-0.2, 0) is 4.79 Å². The molecule has 0 radical (unpaired) electrons. The fourth-order valence-electron chi connectivity index (χ4n) is 2.95. The molecule has 8 heteroatoms. The van der Waals surface area contributed by atoms with E-state index in [1.54, 1.807) is 31.4 Å². The topological polar surface area (TPSA) is 89.5 Å². The van der Waals surface area contributed by atoms with E-state index in [-0.39, 0.29) is 17.7 Å². The second-order valence-electron chi connectivity index (χ2n) is 6.97. The van der Waals surface area contributed by atoms with E-state index >= 15 is 0 Å². The number of thiazole rings is 1. The van der Waals surface area contributed by atoms with Gasteiger partial charge in [0.15, 0.2) is 5.13 Å². The standard InChI is InChI=1S/C22H25N3O4S/c1-5-29-15-11-9-14(10-12-15)20(26)23-18(13(2)3)21(27)25-22-24-19-16(28-4)7-6-8-17(19)30-22/h6-13,18H,5H2,1-4H3,(H,23,26)(H,24,25,27)/t18-/m0/s1. The molecule has 0 saturated carbocycles. The van der Waals surface area contributed by atoms with Crippen LogP contribution in [0, 0.1) is 5.92 Å². The summed E-state index contributed by atoms with van der Waals surface area (Å²) in [5.74, 6) is 0.590. The minimum absolute atomic E-state index is 0.111. The molecule has 1 atom stereocenters. The molecule has 2 amide bonds. The molecule has 0 aliphatic heterocycles. The van der Waals surface area contributed by atoms with E-state index in [1.807, 2.05) is 39.0 Å². The van der Waals surface area contributed by atoms with E-state index in [0.29, 0.717) is 34.3 Å². The average Bonchev–Trinajstić information content (AvgIpc) is 3.14. The zero-order valence-electron chi connectivity index (χ0n) is 17.4. The molecular weight excluding hydrogens is 402 g/mol. The Labute approximate surface area is 179 Å². The van der Waals surface area contributed by atoms with E-state index in [9.17, 15) is 9.59 Å². The first-order valence-corrected chi connectivity index (χ1v) is 10.5. The van der Waals surface area contributed by atoms with Gasteiger partial charge in [-0.05, 0) is 49.2 Å². The average molecular weight is 428 g/mol.